The molecule has 1 rings (SSSR count). The van der Waals surface area contributed by atoms with E-state index < -0.39 is 42.9 Å². The zero-order valence-corrected chi connectivity index (χ0v) is 17.5. The maximum Gasteiger partial charge on any atom is 0.467 e. The van der Waals surface area contributed by atoms with Crippen LogP contribution in [0, 0.1) is 13.8 Å². The Balaban J connectivity index is 0.000000743. The van der Waals surface area contributed by atoms with Gasteiger partial charge in [0.25, 0.3) is 0 Å². The van der Waals surface area contributed by atoms with Gasteiger partial charge in [0, 0.05) is 13.0 Å². The van der Waals surface area contributed by atoms with E-state index in [1.165, 1.54) is 11.4 Å². The van der Waals surface area contributed by atoms with Crippen LogP contribution in [0.1, 0.15) is 18.3 Å². The van der Waals surface area contributed by atoms with Gasteiger partial charge in [-0.05, 0) is 13.8 Å². The Kier molecular flexibility index (Phi) is 8.26. The van der Waals surface area contributed by atoms with Crippen molar-refractivity contribution in [3.63, 3.8) is 0 Å². The molecule has 0 saturated carbocycles. The van der Waals surface area contributed by atoms with Gasteiger partial charge in [-0.15, -0.1) is 4.68 Å². The van der Waals surface area contributed by atoms with Gasteiger partial charge in [0.15, 0.2) is 27.1 Å². The fourth-order valence-corrected chi connectivity index (χ4v) is 4.24. The van der Waals surface area contributed by atoms with Crippen LogP contribution in [0.5, 0.6) is 0 Å². The third-order valence-corrected chi connectivity index (χ3v) is 6.83. The van der Waals surface area contributed by atoms with Gasteiger partial charge in [-0.2, -0.15) is 48.6 Å². The van der Waals surface area contributed by atoms with E-state index in [4.69, 9.17) is 0 Å². The Hall–Kier alpha value is -1.63. The maximum atomic E-state index is 12.3. The average Bonchev–Trinajstić information content (AvgIpc) is 2.76. The molecule has 1 heterocycles. The van der Waals surface area contributed by atoms with Crippen molar-refractivity contribution < 1.29 is 65.4 Å². The lowest BCUT2D eigenvalue weighted by Crippen LogP contribution is -2.48. The number of hydrogen-bond donors (Lipinski definition) is 0. The minimum Gasteiger partial charge on any atom is -0.425 e. The lowest BCUT2D eigenvalue weighted by atomic mass is 10.4. The molecule has 184 valence electrons. The Morgan fingerprint density at radius 3 is 1.32 bits per heavy atom. The summed E-state index contributed by atoms with van der Waals surface area (Å²) in [6.45, 7) is 7.47. The quantitative estimate of drug-likeness (QED) is 0.441. The van der Waals surface area contributed by atoms with E-state index in [0.29, 0.717) is 4.13 Å². The molecule has 0 aromatic carbocycles. The number of nitrogens with zero attached hydrogens (tertiary/aromatic N) is 3. The summed E-state index contributed by atoms with van der Waals surface area (Å²) in [5, 5.41) is -14.0. The van der Waals surface area contributed by atoms with Crippen molar-refractivity contribution in [1.29, 1.82) is 0 Å². The molecule has 0 spiro atoms. The Bertz CT molecular complexity index is 941. The van der Waals surface area contributed by atoms with E-state index in [1.807, 2.05) is 0 Å². The second-order valence-electron chi connectivity index (χ2n) is 5.72. The highest BCUT2D eigenvalue weighted by Gasteiger charge is 2.68. The summed E-state index contributed by atoms with van der Waals surface area (Å²) in [6, 6.07) is 2.20. The highest BCUT2D eigenvalue weighted by atomic mass is 32.3. The van der Waals surface area contributed by atoms with Crippen molar-refractivity contribution >= 4 is 20.0 Å². The highest BCUT2D eigenvalue weighted by Crippen LogP contribution is 2.47. The monoisotopic (exact) mass is 519 g/mol. The van der Waals surface area contributed by atoms with Crippen molar-refractivity contribution in [2.24, 2.45) is 7.05 Å². The van der Waals surface area contributed by atoms with Crippen molar-refractivity contribution in [3.8, 4) is 0 Å². The minimum atomic E-state index is -7.62. The van der Waals surface area contributed by atoms with Crippen molar-refractivity contribution in [1.82, 2.24) is 4.68 Å². The topological polar surface area (TPSA) is 91.2 Å². The van der Waals surface area contributed by atoms with Crippen LogP contribution in [-0.2, 0) is 33.6 Å². The zero-order valence-electron chi connectivity index (χ0n) is 15.9. The molecular formula is C12H15F10N3O4S2. The molecule has 19 heteroatoms. The first-order chi connectivity index (χ1) is 13.4. The summed E-state index contributed by atoms with van der Waals surface area (Å²) in [5.41, 5.74) is 2.65. The van der Waals surface area contributed by atoms with Gasteiger partial charge < -0.3 is 4.13 Å². The average molecular weight is 519 g/mol. The van der Waals surface area contributed by atoms with E-state index >= 15 is 0 Å². The number of aryl methyl sites for hydroxylation is 2. The number of aromatic nitrogens is 2. The molecular weight excluding hydrogens is 504 g/mol. The van der Waals surface area contributed by atoms with Crippen LogP contribution in [0.25, 0.3) is 4.13 Å². The van der Waals surface area contributed by atoms with E-state index in [1.54, 1.807) is 0 Å². The number of sulfonamides is 2. The number of alkyl halides is 10. The first kappa shape index (κ1) is 29.4. The fourth-order valence-electron chi connectivity index (χ4n) is 1.87. The number of halogens is 10. The molecule has 0 bridgehead atoms. The molecule has 1 aromatic heterocycles. The first-order valence-electron chi connectivity index (χ1n) is 7.52. The van der Waals surface area contributed by atoms with Gasteiger partial charge in [-0.25, -0.2) is 16.8 Å². The Morgan fingerprint density at radius 1 is 0.839 bits per heavy atom. The minimum absolute atomic E-state index is 0.422. The standard InChI is InChI=1S/C8H15N2.C4F10NO4S2/c1-5-10-8(3)6-7(2)9(10)4;5-1(6,7)3(11,12)20(16,17)15-21(18,19)4(13,14)2(8,9)10/h6H,5H2,1-4H3;/q+1;-1. The molecule has 0 atom stereocenters. The molecule has 0 unspecified atom stereocenters. The molecule has 7 nitrogen and oxygen atoms in total. The molecule has 31 heavy (non-hydrogen) atoms. The molecule has 0 amide bonds. The zero-order chi connectivity index (χ0) is 25.4. The van der Waals surface area contributed by atoms with Crippen LogP contribution in [0.3, 0.4) is 0 Å². The van der Waals surface area contributed by atoms with E-state index in [-0.39, 0.29) is 0 Å². The van der Waals surface area contributed by atoms with Crippen LogP contribution in [0.15, 0.2) is 6.07 Å². The van der Waals surface area contributed by atoms with Gasteiger partial charge >= 0.3 is 22.9 Å². The van der Waals surface area contributed by atoms with Gasteiger partial charge in [-0.1, -0.05) is 0 Å². The third-order valence-electron chi connectivity index (χ3n) is 3.50. The summed E-state index contributed by atoms with van der Waals surface area (Å²) in [4.78, 5) is 0. The smallest absolute Gasteiger partial charge is 0.425 e. The lowest BCUT2D eigenvalue weighted by Gasteiger charge is -2.31. The van der Waals surface area contributed by atoms with Crippen molar-refractivity contribution in [2.45, 2.75) is 50.2 Å². The lowest BCUT2D eigenvalue weighted by molar-refractivity contribution is -0.758. The Labute approximate surface area is 169 Å². The van der Waals surface area contributed by atoms with E-state index in [2.05, 4.69) is 43.2 Å². The molecule has 0 radical (unpaired) electrons. The normalized spacial score (nSPS) is 14.3. The van der Waals surface area contributed by atoms with Crippen molar-refractivity contribution in [2.75, 3.05) is 0 Å². The van der Waals surface area contributed by atoms with Gasteiger partial charge in [0.2, 0.25) is 5.69 Å². The van der Waals surface area contributed by atoms with Crippen LogP contribution >= 0.6 is 0 Å². The molecule has 0 aliphatic rings. The van der Waals surface area contributed by atoms with E-state index in [0.717, 1.165) is 6.54 Å². The number of rotatable bonds is 5. The van der Waals surface area contributed by atoms with Gasteiger partial charge in [0.1, 0.15) is 0 Å². The Morgan fingerprint density at radius 2 is 1.16 bits per heavy atom. The fraction of sp³-hybridized carbons (Fsp3) is 0.750. The largest absolute Gasteiger partial charge is 0.467 e. The van der Waals surface area contributed by atoms with Crippen LogP contribution in [0.4, 0.5) is 43.9 Å². The summed E-state index contributed by atoms with van der Waals surface area (Å²) in [7, 11) is -13.2. The number of hydrogen-bond acceptors (Lipinski definition) is 4. The van der Waals surface area contributed by atoms with Crippen molar-refractivity contribution in [3.05, 3.63) is 21.6 Å². The predicted octanol–water partition coefficient (Wildman–Crippen LogP) is 3.28. The molecule has 0 fully saturated rings. The molecule has 0 saturated heterocycles. The first-order valence-corrected chi connectivity index (χ1v) is 10.4. The van der Waals surface area contributed by atoms with Crippen LogP contribution in [0.2, 0.25) is 0 Å². The maximum absolute atomic E-state index is 12.3. The predicted molar refractivity (Wildman–Crippen MR) is 84.0 cm³/mol. The molecule has 0 aliphatic heterocycles. The van der Waals surface area contributed by atoms with Gasteiger partial charge in [0.05, 0.1) is 12.2 Å². The SMILES string of the molecule is CCn1c(C)cc(C)[n+]1C.O=S(=O)([N-]S(=O)(=O)C(F)(F)C(F)(F)F)C(F)(F)C(F)(F)F. The molecule has 1 aromatic rings. The summed E-state index contributed by atoms with van der Waals surface area (Å²) in [5.74, 6) is 0. The van der Waals surface area contributed by atoms with Gasteiger partial charge in [-0.3, -0.25) is 0 Å². The second-order valence-corrected chi connectivity index (χ2v) is 9.24. The second kappa shape index (κ2) is 8.72. The van der Waals surface area contributed by atoms with E-state index in [9.17, 15) is 60.7 Å². The summed E-state index contributed by atoms with van der Waals surface area (Å²) < 4.78 is 165. The molecule has 0 aliphatic carbocycles. The molecule has 0 N–H and O–H groups in total. The van der Waals surface area contributed by atoms with Crippen LogP contribution in [-0.4, -0.2) is 44.4 Å². The summed E-state index contributed by atoms with van der Waals surface area (Å²) >= 11 is 0. The summed E-state index contributed by atoms with van der Waals surface area (Å²) in [6.07, 6.45) is -14.0. The third kappa shape index (κ3) is 5.79. The highest BCUT2D eigenvalue weighted by molar-refractivity contribution is 8.13. The van der Waals surface area contributed by atoms with Crippen LogP contribution < -0.4 is 4.68 Å².